The summed E-state index contributed by atoms with van der Waals surface area (Å²) in [6, 6.07) is 10.2. The van der Waals surface area contributed by atoms with Crippen LogP contribution in [0, 0.1) is 15.9 Å². The van der Waals surface area contributed by atoms with E-state index in [0.717, 1.165) is 0 Å². The number of halogens is 1. The zero-order valence-corrected chi connectivity index (χ0v) is 13.1. The molecule has 2 aromatic carbocycles. The fourth-order valence-corrected chi connectivity index (χ4v) is 2.29. The molecular weight excluding hydrogens is 329 g/mol. The van der Waals surface area contributed by atoms with Gasteiger partial charge in [-0.3, -0.25) is 19.7 Å². The van der Waals surface area contributed by atoms with Crippen LogP contribution in [0.1, 0.15) is 11.1 Å². The van der Waals surface area contributed by atoms with Crippen LogP contribution >= 0.6 is 0 Å². The predicted molar refractivity (Wildman–Crippen MR) is 88.0 cm³/mol. The number of non-ortho nitro benzene ring substituents is 1. The molecule has 3 N–H and O–H groups in total. The molecule has 7 nitrogen and oxygen atoms in total. The quantitative estimate of drug-likeness (QED) is 0.584. The number of nitrogens with one attached hydrogen (secondary N) is 1. The molecule has 0 unspecified atom stereocenters. The van der Waals surface area contributed by atoms with E-state index in [0.29, 0.717) is 11.1 Å². The first-order chi connectivity index (χ1) is 11.8. The van der Waals surface area contributed by atoms with Crippen molar-refractivity contribution in [1.29, 1.82) is 0 Å². The van der Waals surface area contributed by atoms with E-state index in [9.17, 15) is 24.1 Å². The molecule has 0 fully saturated rings. The van der Waals surface area contributed by atoms with Gasteiger partial charge in [0.05, 0.1) is 11.3 Å². The van der Waals surface area contributed by atoms with Gasteiger partial charge in [0.25, 0.3) is 5.69 Å². The molecule has 0 aliphatic carbocycles. The van der Waals surface area contributed by atoms with Crippen LogP contribution in [0.3, 0.4) is 0 Å². The third-order valence-electron chi connectivity index (χ3n) is 3.52. The summed E-state index contributed by atoms with van der Waals surface area (Å²) >= 11 is 0. The Morgan fingerprint density at radius 1 is 1.16 bits per heavy atom. The largest absolute Gasteiger partial charge is 0.368 e. The Morgan fingerprint density at radius 2 is 1.84 bits per heavy atom. The molecule has 0 radical (unpaired) electrons. The number of rotatable bonds is 7. The summed E-state index contributed by atoms with van der Waals surface area (Å²) in [5.41, 5.74) is 6.31. The lowest BCUT2D eigenvalue weighted by Gasteiger charge is -2.15. The summed E-state index contributed by atoms with van der Waals surface area (Å²) in [6.45, 7) is 0. The highest BCUT2D eigenvalue weighted by Gasteiger charge is 2.19. The summed E-state index contributed by atoms with van der Waals surface area (Å²) in [4.78, 5) is 33.7. The number of nitro benzene ring substituents is 1. The molecule has 0 bridgehead atoms. The number of hydrogen-bond donors (Lipinski definition) is 2. The van der Waals surface area contributed by atoms with Crippen molar-refractivity contribution in [2.45, 2.75) is 18.9 Å². The van der Waals surface area contributed by atoms with Gasteiger partial charge in [0.2, 0.25) is 11.8 Å². The maximum atomic E-state index is 13.1. The van der Waals surface area contributed by atoms with Gasteiger partial charge < -0.3 is 11.1 Å². The minimum atomic E-state index is -0.970. The third kappa shape index (κ3) is 5.38. The lowest BCUT2D eigenvalue weighted by Crippen LogP contribution is -2.46. The van der Waals surface area contributed by atoms with Crippen LogP contribution in [0.25, 0.3) is 0 Å². The van der Waals surface area contributed by atoms with Gasteiger partial charge in [-0.25, -0.2) is 4.39 Å². The molecule has 2 amide bonds. The summed E-state index contributed by atoms with van der Waals surface area (Å²) in [6.07, 6.45) is 0.00399. The van der Waals surface area contributed by atoms with Crippen LogP contribution in [-0.4, -0.2) is 22.8 Å². The molecule has 0 aliphatic heterocycles. The Hall–Kier alpha value is -3.29. The second-order valence-corrected chi connectivity index (χ2v) is 5.46. The molecule has 0 saturated heterocycles. The Bertz CT molecular complexity index is 793. The Labute approximate surface area is 142 Å². The SMILES string of the molecule is NC(=O)[C@H](Cc1ccc([N+](=O)[O-])cc1)NC(=O)Cc1cccc(F)c1. The number of nitrogens with two attached hydrogens (primary N) is 1. The van der Waals surface area contributed by atoms with Gasteiger partial charge in [0.15, 0.2) is 0 Å². The molecular formula is C17H16FN3O4. The van der Waals surface area contributed by atoms with Crippen molar-refractivity contribution < 1.29 is 18.9 Å². The molecule has 0 heterocycles. The van der Waals surface area contributed by atoms with E-state index in [1.54, 1.807) is 6.07 Å². The summed E-state index contributed by atoms with van der Waals surface area (Å²) < 4.78 is 13.1. The van der Waals surface area contributed by atoms with E-state index < -0.39 is 28.6 Å². The highest BCUT2D eigenvalue weighted by Crippen LogP contribution is 2.13. The average Bonchev–Trinajstić information content (AvgIpc) is 2.54. The van der Waals surface area contributed by atoms with Crippen LogP contribution in [0.4, 0.5) is 10.1 Å². The topological polar surface area (TPSA) is 115 Å². The van der Waals surface area contributed by atoms with Crippen LogP contribution < -0.4 is 11.1 Å². The first kappa shape index (κ1) is 18.1. The van der Waals surface area contributed by atoms with E-state index in [1.807, 2.05) is 0 Å². The number of carbonyl (C=O) groups excluding carboxylic acids is 2. The van der Waals surface area contributed by atoms with E-state index >= 15 is 0 Å². The number of nitrogens with zero attached hydrogens (tertiary/aromatic N) is 1. The number of nitro groups is 1. The zero-order valence-electron chi connectivity index (χ0n) is 13.1. The second kappa shape index (κ2) is 8.00. The minimum absolute atomic E-state index is 0.0745. The van der Waals surface area contributed by atoms with Gasteiger partial charge in [-0.15, -0.1) is 0 Å². The maximum Gasteiger partial charge on any atom is 0.269 e. The minimum Gasteiger partial charge on any atom is -0.368 e. The van der Waals surface area contributed by atoms with Crippen molar-refractivity contribution in [1.82, 2.24) is 5.32 Å². The van der Waals surface area contributed by atoms with Gasteiger partial charge >= 0.3 is 0 Å². The highest BCUT2D eigenvalue weighted by molar-refractivity contribution is 5.87. The fourth-order valence-electron chi connectivity index (χ4n) is 2.29. The molecule has 2 aromatic rings. The number of carbonyl (C=O) groups is 2. The summed E-state index contributed by atoms with van der Waals surface area (Å²) in [7, 11) is 0. The molecule has 8 heteroatoms. The van der Waals surface area contributed by atoms with Gasteiger partial charge in [-0.05, 0) is 23.3 Å². The van der Waals surface area contributed by atoms with Crippen molar-refractivity contribution in [3.8, 4) is 0 Å². The highest BCUT2D eigenvalue weighted by atomic mass is 19.1. The van der Waals surface area contributed by atoms with E-state index in [-0.39, 0.29) is 18.5 Å². The lowest BCUT2D eigenvalue weighted by molar-refractivity contribution is -0.384. The standard InChI is InChI=1S/C17H16FN3O4/c18-13-3-1-2-12(8-13)10-16(22)20-15(17(19)23)9-11-4-6-14(7-5-11)21(24)25/h1-8,15H,9-10H2,(H2,19,23)(H,20,22)/t15-/m0/s1. The van der Waals surface area contributed by atoms with Gasteiger partial charge in [-0.1, -0.05) is 24.3 Å². The molecule has 0 saturated carbocycles. The summed E-state index contributed by atoms with van der Waals surface area (Å²) in [5, 5.41) is 13.1. The molecule has 0 aliphatic rings. The number of hydrogen-bond acceptors (Lipinski definition) is 4. The molecule has 0 aromatic heterocycles. The Kier molecular flexibility index (Phi) is 5.78. The van der Waals surface area contributed by atoms with Gasteiger partial charge in [0.1, 0.15) is 11.9 Å². The van der Waals surface area contributed by atoms with Crippen molar-refractivity contribution in [2.75, 3.05) is 0 Å². The lowest BCUT2D eigenvalue weighted by atomic mass is 10.0. The molecule has 2 rings (SSSR count). The van der Waals surface area contributed by atoms with Gasteiger partial charge in [-0.2, -0.15) is 0 Å². The van der Waals surface area contributed by atoms with Gasteiger partial charge in [0, 0.05) is 18.6 Å². The van der Waals surface area contributed by atoms with Crippen molar-refractivity contribution in [3.05, 3.63) is 75.6 Å². The monoisotopic (exact) mass is 345 g/mol. The normalized spacial score (nSPS) is 11.6. The number of primary amides is 1. The van der Waals surface area contributed by atoms with Crippen molar-refractivity contribution >= 4 is 17.5 Å². The Morgan fingerprint density at radius 3 is 2.40 bits per heavy atom. The van der Waals surface area contributed by atoms with E-state index in [4.69, 9.17) is 5.73 Å². The van der Waals surface area contributed by atoms with Crippen LogP contribution in [0.5, 0.6) is 0 Å². The molecule has 1 atom stereocenters. The van der Waals surface area contributed by atoms with Crippen molar-refractivity contribution in [2.24, 2.45) is 5.73 Å². The van der Waals surface area contributed by atoms with E-state index in [1.165, 1.54) is 42.5 Å². The van der Waals surface area contributed by atoms with Crippen LogP contribution in [0.15, 0.2) is 48.5 Å². The van der Waals surface area contributed by atoms with E-state index in [2.05, 4.69) is 5.32 Å². The fraction of sp³-hybridized carbons (Fsp3) is 0.176. The molecule has 25 heavy (non-hydrogen) atoms. The summed E-state index contributed by atoms with van der Waals surface area (Å²) in [5.74, 6) is -1.66. The smallest absolute Gasteiger partial charge is 0.269 e. The van der Waals surface area contributed by atoms with Crippen LogP contribution in [0.2, 0.25) is 0 Å². The average molecular weight is 345 g/mol. The Balaban J connectivity index is 2.01. The van der Waals surface area contributed by atoms with Crippen LogP contribution in [-0.2, 0) is 22.4 Å². The zero-order chi connectivity index (χ0) is 18.4. The first-order valence-corrected chi connectivity index (χ1v) is 7.41. The number of amides is 2. The molecule has 0 spiro atoms. The first-order valence-electron chi connectivity index (χ1n) is 7.41. The second-order valence-electron chi connectivity index (χ2n) is 5.46. The van der Waals surface area contributed by atoms with Crippen molar-refractivity contribution in [3.63, 3.8) is 0 Å². The number of benzene rings is 2. The maximum absolute atomic E-state index is 13.1. The predicted octanol–water partition coefficient (Wildman–Crippen LogP) is 1.49. The molecule has 130 valence electrons. The third-order valence-corrected chi connectivity index (χ3v) is 3.52.